The SMILES string of the molecule is CCNC1CCCC12CC2. The quantitative estimate of drug-likeness (QED) is 0.616. The summed E-state index contributed by atoms with van der Waals surface area (Å²) in [6.07, 6.45) is 7.42. The molecule has 1 heteroatoms. The fourth-order valence-electron chi connectivity index (χ4n) is 2.46. The maximum atomic E-state index is 3.60. The van der Waals surface area contributed by atoms with E-state index in [2.05, 4.69) is 12.2 Å². The van der Waals surface area contributed by atoms with Gasteiger partial charge < -0.3 is 5.32 Å². The third-order valence-corrected chi connectivity index (χ3v) is 3.25. The molecule has 1 spiro atoms. The van der Waals surface area contributed by atoms with Crippen molar-refractivity contribution in [2.45, 2.75) is 45.1 Å². The monoisotopic (exact) mass is 139 g/mol. The van der Waals surface area contributed by atoms with Crippen molar-refractivity contribution in [3.05, 3.63) is 0 Å². The molecule has 1 nitrogen and oxygen atoms in total. The van der Waals surface area contributed by atoms with Crippen LogP contribution in [0.2, 0.25) is 0 Å². The number of hydrogen-bond acceptors (Lipinski definition) is 1. The fourth-order valence-corrected chi connectivity index (χ4v) is 2.46. The molecule has 2 aliphatic rings. The molecule has 0 saturated heterocycles. The smallest absolute Gasteiger partial charge is 0.0123 e. The summed E-state index contributed by atoms with van der Waals surface area (Å²) in [5.41, 5.74) is 0.802. The van der Waals surface area contributed by atoms with E-state index in [1.807, 2.05) is 0 Å². The molecule has 1 atom stereocenters. The second-order valence-electron chi connectivity index (χ2n) is 3.86. The Labute approximate surface area is 63.2 Å². The molecule has 0 aromatic rings. The van der Waals surface area contributed by atoms with Crippen LogP contribution in [0, 0.1) is 5.41 Å². The maximum absolute atomic E-state index is 3.60. The highest BCUT2D eigenvalue weighted by molar-refractivity contribution is 5.05. The van der Waals surface area contributed by atoms with Gasteiger partial charge in [0.05, 0.1) is 0 Å². The Kier molecular flexibility index (Phi) is 1.48. The first-order chi connectivity index (χ1) is 4.87. The van der Waals surface area contributed by atoms with Gasteiger partial charge in [0.2, 0.25) is 0 Å². The van der Waals surface area contributed by atoms with Gasteiger partial charge in [0.1, 0.15) is 0 Å². The Hall–Kier alpha value is -0.0400. The lowest BCUT2D eigenvalue weighted by Crippen LogP contribution is -2.33. The Morgan fingerprint density at radius 1 is 1.40 bits per heavy atom. The minimum Gasteiger partial charge on any atom is -0.314 e. The summed E-state index contributed by atoms with van der Waals surface area (Å²) < 4.78 is 0. The summed E-state index contributed by atoms with van der Waals surface area (Å²) in [5.74, 6) is 0. The van der Waals surface area contributed by atoms with Crippen LogP contribution in [-0.4, -0.2) is 12.6 Å². The van der Waals surface area contributed by atoms with E-state index in [0.717, 1.165) is 18.0 Å². The molecule has 0 bridgehead atoms. The van der Waals surface area contributed by atoms with Crippen LogP contribution < -0.4 is 5.32 Å². The zero-order valence-electron chi connectivity index (χ0n) is 6.82. The number of rotatable bonds is 2. The van der Waals surface area contributed by atoms with Gasteiger partial charge in [-0.05, 0) is 37.6 Å². The lowest BCUT2D eigenvalue weighted by Gasteiger charge is -2.18. The Morgan fingerprint density at radius 3 is 2.80 bits per heavy atom. The molecule has 10 heavy (non-hydrogen) atoms. The van der Waals surface area contributed by atoms with Crippen molar-refractivity contribution >= 4 is 0 Å². The highest BCUT2D eigenvalue weighted by Gasteiger charge is 2.51. The highest BCUT2D eigenvalue weighted by Crippen LogP contribution is 2.57. The zero-order valence-corrected chi connectivity index (χ0v) is 6.82. The second-order valence-corrected chi connectivity index (χ2v) is 3.86. The first-order valence-electron chi connectivity index (χ1n) is 4.61. The summed E-state index contributed by atoms with van der Waals surface area (Å²) in [7, 11) is 0. The van der Waals surface area contributed by atoms with Gasteiger partial charge in [0, 0.05) is 6.04 Å². The van der Waals surface area contributed by atoms with E-state index < -0.39 is 0 Å². The predicted molar refractivity (Wildman–Crippen MR) is 43.0 cm³/mol. The summed E-state index contributed by atoms with van der Waals surface area (Å²) in [4.78, 5) is 0. The van der Waals surface area contributed by atoms with Crippen LogP contribution in [0.3, 0.4) is 0 Å². The second kappa shape index (κ2) is 2.23. The van der Waals surface area contributed by atoms with Crippen LogP contribution >= 0.6 is 0 Å². The molecule has 58 valence electrons. The van der Waals surface area contributed by atoms with E-state index >= 15 is 0 Å². The van der Waals surface area contributed by atoms with Gasteiger partial charge in [-0.3, -0.25) is 0 Å². The van der Waals surface area contributed by atoms with E-state index in [1.165, 1.54) is 32.1 Å². The van der Waals surface area contributed by atoms with Crippen LogP contribution in [0.15, 0.2) is 0 Å². The normalized spacial score (nSPS) is 35.1. The van der Waals surface area contributed by atoms with E-state index in [1.54, 1.807) is 0 Å². The summed E-state index contributed by atoms with van der Waals surface area (Å²) in [5, 5.41) is 3.60. The average Bonchev–Trinajstić information content (AvgIpc) is 2.57. The van der Waals surface area contributed by atoms with Crippen LogP contribution in [0.1, 0.15) is 39.0 Å². The van der Waals surface area contributed by atoms with Crippen molar-refractivity contribution in [1.82, 2.24) is 5.32 Å². The molecule has 0 aromatic heterocycles. The lowest BCUT2D eigenvalue weighted by molar-refractivity contribution is 0.389. The van der Waals surface area contributed by atoms with E-state index in [0.29, 0.717) is 0 Å². The van der Waals surface area contributed by atoms with Crippen LogP contribution in [0.5, 0.6) is 0 Å². The fraction of sp³-hybridized carbons (Fsp3) is 1.00. The van der Waals surface area contributed by atoms with E-state index in [4.69, 9.17) is 0 Å². The van der Waals surface area contributed by atoms with Crippen LogP contribution in [-0.2, 0) is 0 Å². The Bertz CT molecular complexity index is 127. The third kappa shape index (κ3) is 0.878. The molecule has 2 fully saturated rings. The van der Waals surface area contributed by atoms with Crippen molar-refractivity contribution in [1.29, 1.82) is 0 Å². The highest BCUT2D eigenvalue weighted by atomic mass is 14.9. The van der Waals surface area contributed by atoms with Gasteiger partial charge in [-0.2, -0.15) is 0 Å². The van der Waals surface area contributed by atoms with Gasteiger partial charge >= 0.3 is 0 Å². The number of hydrogen-bond donors (Lipinski definition) is 1. The molecule has 1 unspecified atom stereocenters. The summed E-state index contributed by atoms with van der Waals surface area (Å²) in [6, 6.07) is 0.887. The van der Waals surface area contributed by atoms with Crippen LogP contribution in [0.25, 0.3) is 0 Å². The van der Waals surface area contributed by atoms with E-state index in [-0.39, 0.29) is 0 Å². The largest absolute Gasteiger partial charge is 0.314 e. The summed E-state index contributed by atoms with van der Waals surface area (Å²) >= 11 is 0. The van der Waals surface area contributed by atoms with Gasteiger partial charge in [-0.15, -0.1) is 0 Å². The molecular weight excluding hydrogens is 122 g/mol. The lowest BCUT2D eigenvalue weighted by atomic mass is 10.0. The first kappa shape index (κ1) is 6.66. The third-order valence-electron chi connectivity index (χ3n) is 3.25. The molecule has 2 aliphatic carbocycles. The predicted octanol–water partition coefficient (Wildman–Crippen LogP) is 1.93. The van der Waals surface area contributed by atoms with Crippen LogP contribution in [0.4, 0.5) is 0 Å². The van der Waals surface area contributed by atoms with Crippen molar-refractivity contribution in [3.8, 4) is 0 Å². The van der Waals surface area contributed by atoms with E-state index in [9.17, 15) is 0 Å². The van der Waals surface area contributed by atoms with Gasteiger partial charge in [0.15, 0.2) is 0 Å². The maximum Gasteiger partial charge on any atom is 0.0123 e. The average molecular weight is 139 g/mol. The minimum absolute atomic E-state index is 0.802. The Morgan fingerprint density at radius 2 is 2.20 bits per heavy atom. The van der Waals surface area contributed by atoms with Crippen molar-refractivity contribution in [2.75, 3.05) is 6.54 Å². The van der Waals surface area contributed by atoms with Crippen molar-refractivity contribution in [2.24, 2.45) is 5.41 Å². The van der Waals surface area contributed by atoms with Gasteiger partial charge in [0.25, 0.3) is 0 Å². The number of nitrogens with one attached hydrogen (secondary N) is 1. The molecule has 0 aliphatic heterocycles. The topological polar surface area (TPSA) is 12.0 Å². The van der Waals surface area contributed by atoms with Crippen molar-refractivity contribution in [3.63, 3.8) is 0 Å². The molecular formula is C9H17N. The molecule has 0 amide bonds. The molecule has 2 saturated carbocycles. The molecule has 1 N–H and O–H groups in total. The first-order valence-corrected chi connectivity index (χ1v) is 4.61. The standard InChI is InChI=1S/C9H17N/c1-2-10-8-4-3-5-9(8)6-7-9/h8,10H,2-7H2,1H3. The molecule has 0 heterocycles. The minimum atomic E-state index is 0.802. The molecule has 2 rings (SSSR count). The zero-order chi connectivity index (χ0) is 7.03. The molecule has 0 aromatic carbocycles. The van der Waals surface area contributed by atoms with Crippen molar-refractivity contribution < 1.29 is 0 Å². The van der Waals surface area contributed by atoms with Gasteiger partial charge in [-0.25, -0.2) is 0 Å². The summed E-state index contributed by atoms with van der Waals surface area (Å²) in [6.45, 7) is 3.38. The Balaban J connectivity index is 1.94. The molecule has 0 radical (unpaired) electrons. The van der Waals surface area contributed by atoms with Gasteiger partial charge in [-0.1, -0.05) is 13.3 Å².